The van der Waals surface area contributed by atoms with Crippen LogP contribution in [0.1, 0.15) is 64.7 Å². The van der Waals surface area contributed by atoms with E-state index in [0.717, 1.165) is 38.5 Å². The summed E-state index contributed by atoms with van der Waals surface area (Å²) in [6, 6.07) is 0. The topological polar surface area (TPSA) is 32.3 Å². The van der Waals surface area contributed by atoms with Gasteiger partial charge in [-0.1, -0.05) is 26.2 Å². The number of carbonyl (C=O) groups excluding carboxylic acids is 1. The molecule has 1 unspecified atom stereocenters. The minimum Gasteiger partial charge on any atom is -0.326 e. The first-order valence-electron chi connectivity index (χ1n) is 8.03. The maximum absolute atomic E-state index is 12.6. The summed E-state index contributed by atoms with van der Waals surface area (Å²) >= 11 is 0. The van der Waals surface area contributed by atoms with Crippen molar-refractivity contribution in [2.24, 2.45) is 0 Å². The summed E-state index contributed by atoms with van der Waals surface area (Å²) in [6.07, 6.45) is 1.34. The van der Waals surface area contributed by atoms with E-state index in [4.69, 9.17) is 0 Å². The van der Waals surface area contributed by atoms with Crippen molar-refractivity contribution in [3.63, 3.8) is 0 Å². The van der Waals surface area contributed by atoms with Gasteiger partial charge in [-0.25, -0.2) is 0 Å². The van der Waals surface area contributed by atoms with Gasteiger partial charge in [0.05, 0.1) is 11.7 Å². The third kappa shape index (κ3) is 3.90. The Morgan fingerprint density at radius 2 is 1.95 bits per heavy atom. The Balaban J connectivity index is 1.90. The van der Waals surface area contributed by atoms with Crippen LogP contribution in [0.5, 0.6) is 0 Å². The van der Waals surface area contributed by atoms with E-state index in [1.807, 2.05) is 0 Å². The van der Waals surface area contributed by atoms with Crippen LogP contribution in [-0.4, -0.2) is 35.2 Å². The first kappa shape index (κ1) is 16.6. The first-order chi connectivity index (χ1) is 9.88. The van der Waals surface area contributed by atoms with Crippen LogP contribution >= 0.6 is 0 Å². The van der Waals surface area contributed by atoms with E-state index in [-0.39, 0.29) is 18.5 Å². The number of nitrogens with zero attached hydrogens (tertiary/aromatic N) is 1. The molecule has 1 atom stereocenters. The van der Waals surface area contributed by atoms with E-state index in [2.05, 4.69) is 12.2 Å². The van der Waals surface area contributed by atoms with Crippen LogP contribution in [0.25, 0.3) is 0 Å². The Morgan fingerprint density at radius 1 is 1.29 bits per heavy atom. The first-order valence-corrected chi connectivity index (χ1v) is 8.03. The minimum absolute atomic E-state index is 0.00601. The molecule has 6 heteroatoms. The van der Waals surface area contributed by atoms with Gasteiger partial charge in [-0.2, -0.15) is 13.2 Å². The van der Waals surface area contributed by atoms with Gasteiger partial charge >= 0.3 is 6.18 Å². The molecule has 0 bridgehead atoms. The van der Waals surface area contributed by atoms with Crippen LogP contribution in [-0.2, 0) is 4.79 Å². The van der Waals surface area contributed by atoms with Gasteiger partial charge in [0, 0.05) is 13.0 Å². The van der Waals surface area contributed by atoms with Crippen LogP contribution in [0.2, 0.25) is 0 Å². The Hall–Kier alpha value is -0.780. The number of hydrogen-bond acceptors (Lipinski definition) is 2. The molecule has 1 saturated carbocycles. The van der Waals surface area contributed by atoms with E-state index in [0.29, 0.717) is 13.0 Å². The Labute approximate surface area is 124 Å². The number of nitrogens with one attached hydrogen (secondary N) is 1. The summed E-state index contributed by atoms with van der Waals surface area (Å²) in [4.78, 5) is 14.4. The lowest BCUT2D eigenvalue weighted by atomic mass is 9.98. The van der Waals surface area contributed by atoms with Crippen LogP contribution in [0.3, 0.4) is 0 Å². The zero-order valence-corrected chi connectivity index (χ0v) is 12.6. The van der Waals surface area contributed by atoms with Crippen LogP contribution in [0.4, 0.5) is 13.2 Å². The maximum atomic E-state index is 12.6. The number of halogens is 3. The molecule has 0 radical (unpaired) electrons. The standard InChI is InChI=1S/C15H25F3N2O/c1-2-7-12-19-14(8-3-4-9-14)13(21)20(12)11-6-5-10-15(16,17)18/h12,19H,2-11H2,1H3. The van der Waals surface area contributed by atoms with Crippen LogP contribution < -0.4 is 5.32 Å². The van der Waals surface area contributed by atoms with Gasteiger partial charge in [0.1, 0.15) is 0 Å². The summed E-state index contributed by atoms with van der Waals surface area (Å²) in [5.74, 6) is 0.116. The molecule has 3 nitrogen and oxygen atoms in total. The molecule has 1 aliphatic heterocycles. The molecule has 21 heavy (non-hydrogen) atoms. The molecule has 122 valence electrons. The molecular weight excluding hydrogens is 281 g/mol. The molecule has 1 spiro atoms. The smallest absolute Gasteiger partial charge is 0.326 e. The number of rotatable bonds is 6. The molecule has 1 heterocycles. The summed E-state index contributed by atoms with van der Waals surface area (Å²) in [5, 5.41) is 3.48. The third-order valence-electron chi connectivity index (χ3n) is 4.62. The molecule has 2 aliphatic rings. The van der Waals surface area contributed by atoms with Gasteiger partial charge < -0.3 is 4.90 Å². The summed E-state index contributed by atoms with van der Waals surface area (Å²) in [5.41, 5.74) is -0.413. The van der Waals surface area contributed by atoms with Crippen molar-refractivity contribution in [2.75, 3.05) is 6.54 Å². The fourth-order valence-electron chi connectivity index (χ4n) is 3.58. The number of unbranched alkanes of at least 4 members (excludes halogenated alkanes) is 1. The lowest BCUT2D eigenvalue weighted by molar-refractivity contribution is -0.136. The lowest BCUT2D eigenvalue weighted by Gasteiger charge is -2.24. The third-order valence-corrected chi connectivity index (χ3v) is 4.62. The minimum atomic E-state index is -4.09. The molecule has 1 N–H and O–H groups in total. The molecule has 1 aliphatic carbocycles. The van der Waals surface area contributed by atoms with Crippen molar-refractivity contribution < 1.29 is 18.0 Å². The van der Waals surface area contributed by atoms with Crippen molar-refractivity contribution in [3.05, 3.63) is 0 Å². The van der Waals surface area contributed by atoms with Gasteiger partial charge in [-0.05, 0) is 32.1 Å². The van der Waals surface area contributed by atoms with Crippen molar-refractivity contribution >= 4 is 5.91 Å². The van der Waals surface area contributed by atoms with E-state index in [9.17, 15) is 18.0 Å². The van der Waals surface area contributed by atoms with Gasteiger partial charge in [0.25, 0.3) is 0 Å². The van der Waals surface area contributed by atoms with E-state index in [1.54, 1.807) is 4.90 Å². The monoisotopic (exact) mass is 306 g/mol. The van der Waals surface area contributed by atoms with Gasteiger partial charge in [0.2, 0.25) is 5.91 Å². The normalized spacial score (nSPS) is 25.2. The highest BCUT2D eigenvalue weighted by Crippen LogP contribution is 2.37. The number of carbonyl (C=O) groups is 1. The van der Waals surface area contributed by atoms with Gasteiger partial charge in [-0.3, -0.25) is 10.1 Å². The number of alkyl halides is 3. The molecule has 2 fully saturated rings. The van der Waals surface area contributed by atoms with Gasteiger partial charge in [-0.15, -0.1) is 0 Å². The Bertz CT molecular complexity index is 364. The molecule has 1 amide bonds. The molecule has 0 aromatic carbocycles. The predicted octanol–water partition coefficient (Wildman–Crippen LogP) is 3.59. The fourth-order valence-corrected chi connectivity index (χ4v) is 3.58. The zero-order chi connectivity index (χ0) is 15.5. The second-order valence-electron chi connectivity index (χ2n) is 6.31. The van der Waals surface area contributed by atoms with Crippen LogP contribution in [0, 0.1) is 0 Å². The van der Waals surface area contributed by atoms with E-state index >= 15 is 0 Å². The van der Waals surface area contributed by atoms with Crippen molar-refractivity contribution in [1.82, 2.24) is 10.2 Å². The SMILES string of the molecule is CCCC1NC2(CCCC2)C(=O)N1CCCCC(F)(F)F. The quantitative estimate of drug-likeness (QED) is 0.761. The highest BCUT2D eigenvalue weighted by Gasteiger charge is 2.51. The second-order valence-corrected chi connectivity index (χ2v) is 6.31. The van der Waals surface area contributed by atoms with Crippen molar-refractivity contribution in [2.45, 2.75) is 82.6 Å². The molecular formula is C15H25F3N2O. The van der Waals surface area contributed by atoms with E-state index < -0.39 is 18.1 Å². The van der Waals surface area contributed by atoms with Crippen molar-refractivity contribution in [1.29, 1.82) is 0 Å². The van der Waals surface area contributed by atoms with Crippen molar-refractivity contribution in [3.8, 4) is 0 Å². The zero-order valence-electron chi connectivity index (χ0n) is 12.6. The Kier molecular flexibility index (Phi) is 5.17. The maximum Gasteiger partial charge on any atom is 0.389 e. The molecule has 1 saturated heterocycles. The summed E-state index contributed by atoms with van der Waals surface area (Å²) < 4.78 is 36.5. The largest absolute Gasteiger partial charge is 0.389 e. The lowest BCUT2D eigenvalue weighted by Crippen LogP contribution is -2.44. The fraction of sp³-hybridized carbons (Fsp3) is 0.933. The highest BCUT2D eigenvalue weighted by molar-refractivity contribution is 5.89. The average molecular weight is 306 g/mol. The van der Waals surface area contributed by atoms with Gasteiger partial charge in [0.15, 0.2) is 0 Å². The Morgan fingerprint density at radius 3 is 2.52 bits per heavy atom. The van der Waals surface area contributed by atoms with E-state index in [1.165, 1.54) is 0 Å². The predicted molar refractivity (Wildman–Crippen MR) is 74.6 cm³/mol. The molecule has 0 aromatic rings. The molecule has 0 aromatic heterocycles. The average Bonchev–Trinajstić information content (AvgIpc) is 2.95. The number of amides is 1. The highest BCUT2D eigenvalue weighted by atomic mass is 19.4. The summed E-state index contributed by atoms with van der Waals surface area (Å²) in [6.45, 7) is 2.50. The second kappa shape index (κ2) is 6.55. The summed E-state index contributed by atoms with van der Waals surface area (Å²) in [7, 11) is 0. The number of hydrogen-bond donors (Lipinski definition) is 1. The molecule has 2 rings (SSSR count). The van der Waals surface area contributed by atoms with Crippen LogP contribution in [0.15, 0.2) is 0 Å².